The molecule has 0 aliphatic rings. The van der Waals surface area contributed by atoms with Gasteiger partial charge in [0.15, 0.2) is 0 Å². The number of rotatable bonds is 6. The van der Waals surface area contributed by atoms with E-state index in [1.807, 2.05) is 24.3 Å². The monoisotopic (exact) mass is 377 g/mol. The predicted octanol–water partition coefficient (Wildman–Crippen LogP) is 3.40. The van der Waals surface area contributed by atoms with Crippen LogP contribution in [0.4, 0.5) is 0 Å². The van der Waals surface area contributed by atoms with Crippen LogP contribution in [0.5, 0.6) is 0 Å². The molecule has 0 saturated heterocycles. The SMILES string of the molecule is CC(C)(C)c1ccc(CCNC(=O)Cn2cc(C(N)=O)c3ccccc32)cc1. The van der Waals surface area contributed by atoms with Crippen LogP contribution in [-0.4, -0.2) is 22.9 Å². The molecule has 3 rings (SSSR count). The Bertz CT molecular complexity index is 995. The van der Waals surface area contributed by atoms with E-state index in [-0.39, 0.29) is 17.9 Å². The third kappa shape index (κ3) is 4.42. The number of nitrogens with zero attached hydrogens (tertiary/aromatic N) is 1. The molecule has 3 N–H and O–H groups in total. The molecule has 0 radical (unpaired) electrons. The highest BCUT2D eigenvalue weighted by molar-refractivity contribution is 6.06. The van der Waals surface area contributed by atoms with Crippen molar-refractivity contribution in [1.29, 1.82) is 0 Å². The van der Waals surface area contributed by atoms with Crippen molar-refractivity contribution in [2.75, 3.05) is 6.54 Å². The van der Waals surface area contributed by atoms with Gasteiger partial charge in [-0.25, -0.2) is 0 Å². The van der Waals surface area contributed by atoms with Crippen LogP contribution in [0.2, 0.25) is 0 Å². The number of amides is 2. The topological polar surface area (TPSA) is 77.1 Å². The second-order valence-corrected chi connectivity index (χ2v) is 8.10. The van der Waals surface area contributed by atoms with E-state index in [0.717, 1.165) is 17.3 Å². The maximum Gasteiger partial charge on any atom is 0.250 e. The van der Waals surface area contributed by atoms with Crippen molar-refractivity contribution < 1.29 is 9.59 Å². The zero-order valence-corrected chi connectivity index (χ0v) is 16.7. The molecule has 0 saturated carbocycles. The molecule has 5 nitrogen and oxygen atoms in total. The number of para-hydroxylation sites is 1. The number of nitrogens with two attached hydrogens (primary N) is 1. The Morgan fingerprint density at radius 2 is 1.71 bits per heavy atom. The van der Waals surface area contributed by atoms with Gasteiger partial charge < -0.3 is 15.6 Å². The number of fused-ring (bicyclic) bond motifs is 1. The van der Waals surface area contributed by atoms with Crippen LogP contribution in [0.15, 0.2) is 54.7 Å². The molecule has 2 amide bonds. The van der Waals surface area contributed by atoms with Crippen LogP contribution in [0.25, 0.3) is 10.9 Å². The largest absolute Gasteiger partial charge is 0.366 e. The molecule has 0 aliphatic heterocycles. The zero-order chi connectivity index (χ0) is 20.3. The molecule has 3 aromatic rings. The molecular weight excluding hydrogens is 350 g/mol. The summed E-state index contributed by atoms with van der Waals surface area (Å²) in [5, 5.41) is 3.72. The molecule has 28 heavy (non-hydrogen) atoms. The maximum absolute atomic E-state index is 12.4. The van der Waals surface area contributed by atoms with Gasteiger partial charge >= 0.3 is 0 Å². The summed E-state index contributed by atoms with van der Waals surface area (Å²) in [5.41, 5.74) is 9.33. The molecule has 1 heterocycles. The van der Waals surface area contributed by atoms with E-state index in [0.29, 0.717) is 12.1 Å². The number of primary amides is 1. The number of carbonyl (C=O) groups is 2. The van der Waals surface area contributed by atoms with E-state index in [4.69, 9.17) is 5.73 Å². The first-order chi connectivity index (χ1) is 13.3. The molecule has 0 bridgehead atoms. The lowest BCUT2D eigenvalue weighted by atomic mass is 9.86. The maximum atomic E-state index is 12.4. The minimum atomic E-state index is -0.492. The van der Waals surface area contributed by atoms with Crippen LogP contribution < -0.4 is 11.1 Å². The highest BCUT2D eigenvalue weighted by atomic mass is 16.2. The first kappa shape index (κ1) is 19.7. The number of aromatic nitrogens is 1. The molecular formula is C23H27N3O2. The fraction of sp³-hybridized carbons (Fsp3) is 0.304. The van der Waals surface area contributed by atoms with Gasteiger partial charge in [0.05, 0.1) is 5.56 Å². The summed E-state index contributed by atoms with van der Waals surface area (Å²) in [6, 6.07) is 16.0. The lowest BCUT2D eigenvalue weighted by Crippen LogP contribution is -2.29. The molecule has 0 unspecified atom stereocenters. The van der Waals surface area contributed by atoms with Crippen LogP contribution in [0.1, 0.15) is 42.3 Å². The van der Waals surface area contributed by atoms with Gasteiger partial charge in [0, 0.05) is 23.6 Å². The standard InChI is InChI=1S/C23H27N3O2/c1-23(2,3)17-10-8-16(9-11-17)12-13-25-21(27)15-26-14-19(22(24)28)18-6-4-5-7-20(18)26/h4-11,14H,12-13,15H2,1-3H3,(H2,24,28)(H,25,27). The zero-order valence-electron chi connectivity index (χ0n) is 16.7. The van der Waals surface area contributed by atoms with E-state index < -0.39 is 5.91 Å². The Morgan fingerprint density at radius 1 is 1.04 bits per heavy atom. The number of benzene rings is 2. The molecule has 5 heteroatoms. The summed E-state index contributed by atoms with van der Waals surface area (Å²) >= 11 is 0. The Kier molecular flexibility index (Phi) is 5.54. The van der Waals surface area contributed by atoms with Crippen LogP contribution in [-0.2, 0) is 23.2 Å². The van der Waals surface area contributed by atoms with Crippen molar-refractivity contribution in [1.82, 2.24) is 9.88 Å². The van der Waals surface area contributed by atoms with Gasteiger partial charge in [-0.2, -0.15) is 0 Å². The Labute approximate surface area is 165 Å². The Hall–Kier alpha value is -3.08. The van der Waals surface area contributed by atoms with E-state index in [1.54, 1.807) is 10.8 Å². The summed E-state index contributed by atoms with van der Waals surface area (Å²) in [4.78, 5) is 24.0. The normalized spacial score (nSPS) is 11.5. The lowest BCUT2D eigenvalue weighted by molar-refractivity contribution is -0.121. The van der Waals surface area contributed by atoms with Gasteiger partial charge in [0.25, 0.3) is 5.91 Å². The second-order valence-electron chi connectivity index (χ2n) is 8.10. The number of hydrogen-bond acceptors (Lipinski definition) is 2. The first-order valence-electron chi connectivity index (χ1n) is 9.49. The molecule has 2 aromatic carbocycles. The highest BCUT2D eigenvalue weighted by Crippen LogP contribution is 2.22. The number of hydrogen-bond donors (Lipinski definition) is 2. The van der Waals surface area contributed by atoms with E-state index in [9.17, 15) is 9.59 Å². The van der Waals surface area contributed by atoms with Crippen molar-refractivity contribution in [3.8, 4) is 0 Å². The number of nitrogens with one attached hydrogen (secondary N) is 1. The molecule has 146 valence electrons. The summed E-state index contributed by atoms with van der Waals surface area (Å²) in [5.74, 6) is -0.586. The summed E-state index contributed by atoms with van der Waals surface area (Å²) in [6.07, 6.45) is 2.42. The van der Waals surface area contributed by atoms with E-state index in [2.05, 4.69) is 50.4 Å². The van der Waals surface area contributed by atoms with Crippen molar-refractivity contribution in [2.45, 2.75) is 39.2 Å². The van der Waals surface area contributed by atoms with Crippen LogP contribution in [0.3, 0.4) is 0 Å². The van der Waals surface area contributed by atoms with Crippen molar-refractivity contribution in [3.63, 3.8) is 0 Å². The first-order valence-corrected chi connectivity index (χ1v) is 9.49. The van der Waals surface area contributed by atoms with Crippen LogP contribution in [0, 0.1) is 0 Å². The Balaban J connectivity index is 1.59. The molecule has 1 aromatic heterocycles. The van der Waals surface area contributed by atoms with Crippen molar-refractivity contribution >= 4 is 22.7 Å². The number of carbonyl (C=O) groups excluding carboxylic acids is 2. The minimum Gasteiger partial charge on any atom is -0.366 e. The van der Waals surface area contributed by atoms with Gasteiger partial charge in [-0.3, -0.25) is 9.59 Å². The summed E-state index contributed by atoms with van der Waals surface area (Å²) in [6.45, 7) is 7.29. The minimum absolute atomic E-state index is 0.0944. The second kappa shape index (κ2) is 7.89. The molecule has 0 aliphatic carbocycles. The van der Waals surface area contributed by atoms with Gasteiger partial charge in [-0.15, -0.1) is 0 Å². The highest BCUT2D eigenvalue weighted by Gasteiger charge is 2.14. The van der Waals surface area contributed by atoms with Crippen molar-refractivity contribution in [2.24, 2.45) is 5.73 Å². The predicted molar refractivity (Wildman–Crippen MR) is 112 cm³/mol. The summed E-state index contributed by atoms with van der Waals surface area (Å²) in [7, 11) is 0. The van der Waals surface area contributed by atoms with Gasteiger partial charge in [0.1, 0.15) is 6.54 Å². The fourth-order valence-electron chi connectivity index (χ4n) is 3.30. The molecule has 0 spiro atoms. The third-order valence-corrected chi connectivity index (χ3v) is 4.92. The summed E-state index contributed by atoms with van der Waals surface area (Å²) < 4.78 is 1.77. The molecule has 0 atom stereocenters. The van der Waals surface area contributed by atoms with Crippen molar-refractivity contribution in [3.05, 3.63) is 71.4 Å². The van der Waals surface area contributed by atoms with Crippen LogP contribution >= 0.6 is 0 Å². The van der Waals surface area contributed by atoms with E-state index >= 15 is 0 Å². The molecule has 0 fully saturated rings. The average molecular weight is 377 g/mol. The quantitative estimate of drug-likeness (QED) is 0.691. The smallest absolute Gasteiger partial charge is 0.250 e. The van der Waals surface area contributed by atoms with Gasteiger partial charge in [-0.05, 0) is 29.0 Å². The third-order valence-electron chi connectivity index (χ3n) is 4.92. The van der Waals surface area contributed by atoms with Gasteiger partial charge in [0.2, 0.25) is 5.91 Å². The fourth-order valence-corrected chi connectivity index (χ4v) is 3.30. The van der Waals surface area contributed by atoms with E-state index in [1.165, 1.54) is 11.1 Å². The average Bonchev–Trinajstić information content (AvgIpc) is 3.00. The lowest BCUT2D eigenvalue weighted by Gasteiger charge is -2.19. The Morgan fingerprint density at radius 3 is 2.36 bits per heavy atom. The van der Waals surface area contributed by atoms with Gasteiger partial charge in [-0.1, -0.05) is 63.2 Å².